The molecule has 0 fully saturated rings. The van der Waals surface area contributed by atoms with Crippen LogP contribution in [-0.2, 0) is 26.2 Å². The summed E-state index contributed by atoms with van der Waals surface area (Å²) in [5, 5.41) is 2.82. The van der Waals surface area contributed by atoms with E-state index in [1.807, 2.05) is 0 Å². The van der Waals surface area contributed by atoms with Crippen molar-refractivity contribution in [2.45, 2.75) is 30.8 Å². The highest BCUT2D eigenvalue weighted by Crippen LogP contribution is 2.37. The van der Waals surface area contributed by atoms with Gasteiger partial charge in [0.05, 0.1) is 39.0 Å². The van der Waals surface area contributed by atoms with Crippen molar-refractivity contribution in [3.8, 4) is 23.0 Å². The molecular formula is C30H36ClN3O8S. The van der Waals surface area contributed by atoms with Gasteiger partial charge in [0, 0.05) is 24.7 Å². The average Bonchev–Trinajstić information content (AvgIpc) is 3.02. The third kappa shape index (κ3) is 7.63. The fourth-order valence-corrected chi connectivity index (χ4v) is 6.09. The Kier molecular flexibility index (Phi) is 11.5. The maximum atomic E-state index is 14.3. The van der Waals surface area contributed by atoms with Crippen molar-refractivity contribution in [2.24, 2.45) is 0 Å². The van der Waals surface area contributed by atoms with Crippen molar-refractivity contribution in [1.82, 2.24) is 10.2 Å². The van der Waals surface area contributed by atoms with Crippen molar-refractivity contribution < 1.29 is 37.0 Å². The first-order valence-electron chi connectivity index (χ1n) is 13.3. The van der Waals surface area contributed by atoms with Gasteiger partial charge < -0.3 is 29.2 Å². The zero-order valence-corrected chi connectivity index (χ0v) is 26.5. The summed E-state index contributed by atoms with van der Waals surface area (Å²) in [4.78, 5) is 28.3. The summed E-state index contributed by atoms with van der Waals surface area (Å²) in [6.07, 6.45) is 0.282. The third-order valence-corrected chi connectivity index (χ3v) is 8.77. The van der Waals surface area contributed by atoms with E-state index in [0.29, 0.717) is 17.1 Å². The second-order valence-electron chi connectivity index (χ2n) is 9.25. The Balaban J connectivity index is 2.16. The van der Waals surface area contributed by atoms with Crippen LogP contribution in [-0.4, -0.2) is 73.2 Å². The van der Waals surface area contributed by atoms with Crippen LogP contribution in [0.1, 0.15) is 18.9 Å². The van der Waals surface area contributed by atoms with Crippen LogP contribution in [0.2, 0.25) is 5.02 Å². The van der Waals surface area contributed by atoms with Gasteiger partial charge in [0.15, 0.2) is 11.5 Å². The maximum absolute atomic E-state index is 14.3. The first-order valence-corrected chi connectivity index (χ1v) is 15.1. The minimum atomic E-state index is -4.44. The zero-order chi connectivity index (χ0) is 31.7. The molecule has 3 rings (SSSR count). The lowest BCUT2D eigenvalue weighted by Gasteiger charge is -2.33. The van der Waals surface area contributed by atoms with Crippen molar-refractivity contribution in [1.29, 1.82) is 0 Å². The molecule has 0 aliphatic carbocycles. The number of carbonyl (C=O) groups excluding carboxylic acids is 2. The molecule has 13 heteroatoms. The molecule has 43 heavy (non-hydrogen) atoms. The highest BCUT2D eigenvalue weighted by Gasteiger charge is 2.35. The largest absolute Gasteiger partial charge is 0.497 e. The van der Waals surface area contributed by atoms with Crippen LogP contribution in [0.5, 0.6) is 23.0 Å². The van der Waals surface area contributed by atoms with Crippen LogP contribution >= 0.6 is 11.6 Å². The van der Waals surface area contributed by atoms with E-state index in [-0.39, 0.29) is 46.0 Å². The number of nitrogens with zero attached hydrogens (tertiary/aromatic N) is 2. The molecular weight excluding hydrogens is 598 g/mol. The first-order chi connectivity index (χ1) is 20.5. The van der Waals surface area contributed by atoms with E-state index in [9.17, 15) is 18.0 Å². The number of hydrogen-bond acceptors (Lipinski definition) is 8. The molecule has 3 aromatic rings. The summed E-state index contributed by atoms with van der Waals surface area (Å²) in [6.45, 7) is 1.13. The van der Waals surface area contributed by atoms with Crippen LogP contribution in [0.4, 0.5) is 5.69 Å². The van der Waals surface area contributed by atoms with E-state index in [1.165, 1.54) is 63.6 Å². The third-order valence-electron chi connectivity index (χ3n) is 6.78. The molecule has 0 aromatic heterocycles. The highest BCUT2D eigenvalue weighted by atomic mass is 35.5. The zero-order valence-electron chi connectivity index (χ0n) is 24.9. The molecule has 1 N–H and O–H groups in total. The van der Waals surface area contributed by atoms with Crippen LogP contribution in [0, 0.1) is 0 Å². The second kappa shape index (κ2) is 14.8. The van der Waals surface area contributed by atoms with Crippen LogP contribution in [0.3, 0.4) is 0 Å². The first kappa shape index (κ1) is 33.3. The number of nitrogens with one attached hydrogen (secondary N) is 1. The minimum absolute atomic E-state index is 0.0334. The van der Waals surface area contributed by atoms with E-state index in [2.05, 4.69) is 5.32 Å². The number of hydrogen-bond donors (Lipinski definition) is 1. The Labute approximate surface area is 257 Å². The van der Waals surface area contributed by atoms with Gasteiger partial charge in [-0.05, 0) is 54.4 Å². The lowest BCUT2D eigenvalue weighted by atomic mass is 10.1. The number of sulfonamides is 1. The number of methoxy groups -OCH3 is 4. The molecule has 0 spiro atoms. The normalized spacial score (nSPS) is 11.7. The number of ether oxygens (including phenoxy) is 4. The molecule has 0 saturated carbocycles. The monoisotopic (exact) mass is 633 g/mol. The van der Waals surface area contributed by atoms with Crippen LogP contribution in [0.25, 0.3) is 0 Å². The van der Waals surface area contributed by atoms with Gasteiger partial charge in [-0.2, -0.15) is 0 Å². The summed E-state index contributed by atoms with van der Waals surface area (Å²) in [5.74, 6) is 0.281. The second-order valence-corrected chi connectivity index (χ2v) is 11.6. The number of benzene rings is 3. The SMILES string of the molecule is CCC(C(=O)NC)N(Cc1ccc(OC)cc1)C(=O)CN(c1cc(Cl)ccc1OC)S(=O)(=O)c1ccc(OC)c(OC)c1. The van der Waals surface area contributed by atoms with Gasteiger partial charge >= 0.3 is 0 Å². The molecule has 0 radical (unpaired) electrons. The summed E-state index contributed by atoms with van der Waals surface area (Å²) >= 11 is 6.29. The van der Waals surface area contributed by atoms with Gasteiger partial charge in [0.25, 0.3) is 10.0 Å². The summed E-state index contributed by atoms with van der Waals surface area (Å²) in [6, 6.07) is 14.7. The van der Waals surface area contributed by atoms with E-state index in [4.69, 9.17) is 30.5 Å². The summed E-state index contributed by atoms with van der Waals surface area (Å²) in [7, 11) is 2.78. The van der Waals surface area contributed by atoms with E-state index in [1.54, 1.807) is 44.4 Å². The van der Waals surface area contributed by atoms with E-state index in [0.717, 1.165) is 4.31 Å². The number of rotatable bonds is 14. The van der Waals surface area contributed by atoms with Crippen molar-refractivity contribution in [3.63, 3.8) is 0 Å². The molecule has 0 bridgehead atoms. The molecule has 1 unspecified atom stereocenters. The Morgan fingerprint density at radius 1 is 0.860 bits per heavy atom. The lowest BCUT2D eigenvalue weighted by molar-refractivity contribution is -0.140. The predicted octanol–water partition coefficient (Wildman–Crippen LogP) is 4.12. The van der Waals surface area contributed by atoms with E-state index < -0.39 is 28.5 Å². The van der Waals surface area contributed by atoms with Gasteiger partial charge in [-0.25, -0.2) is 8.42 Å². The summed E-state index contributed by atoms with van der Waals surface area (Å²) in [5.41, 5.74) is 0.752. The molecule has 232 valence electrons. The lowest BCUT2D eigenvalue weighted by Crippen LogP contribution is -2.51. The van der Waals surface area contributed by atoms with Crippen molar-refractivity contribution in [3.05, 3.63) is 71.2 Å². The van der Waals surface area contributed by atoms with E-state index >= 15 is 0 Å². The fourth-order valence-electron chi connectivity index (χ4n) is 4.49. The average molecular weight is 634 g/mol. The minimum Gasteiger partial charge on any atom is -0.497 e. The Hall–Kier alpha value is -4.16. The van der Waals surface area contributed by atoms with Gasteiger partial charge in [0.1, 0.15) is 24.1 Å². The quantitative estimate of drug-likeness (QED) is 0.281. The van der Waals surface area contributed by atoms with Crippen molar-refractivity contribution >= 4 is 39.1 Å². The summed E-state index contributed by atoms with van der Waals surface area (Å²) < 4.78 is 50.7. The number of likely N-dealkylation sites (N-methyl/N-ethyl adjacent to an activating group) is 1. The number of anilines is 1. The fraction of sp³-hybridized carbons (Fsp3) is 0.333. The van der Waals surface area contributed by atoms with Crippen LogP contribution in [0.15, 0.2) is 65.6 Å². The standard InChI is InChI=1S/C30H36ClN3O8S/c1-7-24(30(36)32-2)33(18-20-8-11-22(39-3)12-9-20)29(35)19-34(25-16-21(31)10-14-26(25)40-4)43(37,38)23-13-15-27(41-5)28(17-23)42-6/h8-17,24H,7,18-19H2,1-6H3,(H,32,36). The molecule has 11 nitrogen and oxygen atoms in total. The molecule has 1 atom stereocenters. The Morgan fingerprint density at radius 2 is 1.49 bits per heavy atom. The maximum Gasteiger partial charge on any atom is 0.265 e. The van der Waals surface area contributed by atoms with Gasteiger partial charge in [-0.15, -0.1) is 0 Å². The molecule has 0 aliphatic rings. The van der Waals surface area contributed by atoms with Gasteiger partial charge in [0.2, 0.25) is 11.8 Å². The molecule has 0 aliphatic heterocycles. The van der Waals surface area contributed by atoms with Gasteiger partial charge in [-0.1, -0.05) is 30.7 Å². The topological polar surface area (TPSA) is 124 Å². The molecule has 3 aromatic carbocycles. The Morgan fingerprint density at radius 3 is 2.05 bits per heavy atom. The van der Waals surface area contributed by atoms with Crippen molar-refractivity contribution in [2.75, 3.05) is 46.3 Å². The Bertz CT molecular complexity index is 1530. The number of carbonyl (C=O) groups is 2. The predicted molar refractivity (Wildman–Crippen MR) is 164 cm³/mol. The number of halogens is 1. The highest BCUT2D eigenvalue weighted by molar-refractivity contribution is 7.92. The molecule has 2 amide bonds. The number of amides is 2. The molecule has 0 heterocycles. The van der Waals surface area contributed by atoms with Crippen LogP contribution < -0.4 is 28.6 Å². The smallest absolute Gasteiger partial charge is 0.265 e. The van der Waals surface area contributed by atoms with Gasteiger partial charge in [-0.3, -0.25) is 13.9 Å². The molecule has 0 saturated heterocycles.